The number of esters is 1. The quantitative estimate of drug-likeness (QED) is 0.202. The lowest BCUT2D eigenvalue weighted by atomic mass is 9.90. The zero-order chi connectivity index (χ0) is 17.6. The van der Waals surface area contributed by atoms with Gasteiger partial charge in [-0.3, -0.25) is 4.79 Å². The Kier molecular flexibility index (Phi) is 11.3. The number of allylic oxidation sites excluding steroid dienone is 4. The van der Waals surface area contributed by atoms with Crippen molar-refractivity contribution in [1.29, 1.82) is 0 Å². The van der Waals surface area contributed by atoms with Crippen molar-refractivity contribution >= 4 is 5.97 Å². The van der Waals surface area contributed by atoms with E-state index in [0.717, 1.165) is 12.8 Å². The van der Waals surface area contributed by atoms with Crippen LogP contribution in [-0.2, 0) is 9.53 Å². The Balaban J connectivity index is 2.24. The van der Waals surface area contributed by atoms with Gasteiger partial charge in [0, 0.05) is 12.8 Å². The van der Waals surface area contributed by atoms with E-state index >= 15 is 0 Å². The highest BCUT2D eigenvalue weighted by molar-refractivity contribution is 5.69. The molecule has 1 aliphatic carbocycles. The molecule has 1 rings (SSSR count). The fourth-order valence-electron chi connectivity index (χ4n) is 3.53. The lowest BCUT2D eigenvalue weighted by molar-refractivity contribution is -0.140. The molecule has 1 aliphatic rings. The van der Waals surface area contributed by atoms with E-state index in [0.29, 0.717) is 30.4 Å². The van der Waals surface area contributed by atoms with Crippen molar-refractivity contribution < 1.29 is 14.6 Å². The lowest BCUT2D eigenvalue weighted by Gasteiger charge is -2.16. The molecule has 0 spiro atoms. The molecule has 1 fully saturated rings. The van der Waals surface area contributed by atoms with Crippen molar-refractivity contribution in [3.63, 3.8) is 0 Å². The molecular weight excluding hydrogens is 300 g/mol. The molecule has 0 bridgehead atoms. The zero-order valence-electron chi connectivity index (χ0n) is 15.6. The van der Waals surface area contributed by atoms with Gasteiger partial charge in [-0.2, -0.15) is 0 Å². The van der Waals surface area contributed by atoms with Crippen molar-refractivity contribution in [3.8, 4) is 0 Å². The van der Waals surface area contributed by atoms with Crippen LogP contribution in [0.15, 0.2) is 24.0 Å². The van der Waals surface area contributed by atoms with Crippen LogP contribution in [0.2, 0.25) is 0 Å². The second kappa shape index (κ2) is 13.1. The molecule has 0 aromatic heterocycles. The summed E-state index contributed by atoms with van der Waals surface area (Å²) < 4.78 is 4.60. The van der Waals surface area contributed by atoms with E-state index in [1.807, 2.05) is 0 Å². The van der Waals surface area contributed by atoms with E-state index in [9.17, 15) is 9.90 Å². The molecule has 3 nitrogen and oxygen atoms in total. The maximum atomic E-state index is 11.0. The minimum Gasteiger partial charge on any atom is -0.513 e. The van der Waals surface area contributed by atoms with E-state index in [4.69, 9.17) is 0 Å². The Morgan fingerprint density at radius 1 is 1.17 bits per heavy atom. The van der Waals surface area contributed by atoms with Gasteiger partial charge in [0.25, 0.3) is 0 Å². The van der Waals surface area contributed by atoms with Gasteiger partial charge in [0.15, 0.2) is 0 Å². The van der Waals surface area contributed by atoms with Crippen molar-refractivity contribution in [2.75, 3.05) is 7.11 Å². The van der Waals surface area contributed by atoms with Gasteiger partial charge in [0.1, 0.15) is 0 Å². The molecule has 24 heavy (non-hydrogen) atoms. The number of carbonyl (C=O) groups is 1. The van der Waals surface area contributed by atoms with Gasteiger partial charge in [-0.15, -0.1) is 0 Å². The van der Waals surface area contributed by atoms with E-state index in [-0.39, 0.29) is 5.97 Å². The van der Waals surface area contributed by atoms with Crippen LogP contribution in [0.25, 0.3) is 0 Å². The normalized spacial score (nSPS) is 21.5. The molecule has 138 valence electrons. The SMILES string of the molecule is CCCCCCC=C[C@H]1CCC[C@@H]1CCC(O)=CCCC(=O)OC. The van der Waals surface area contributed by atoms with Crippen molar-refractivity contribution in [2.45, 2.75) is 84.0 Å². The fraction of sp³-hybridized carbons (Fsp3) is 0.762. The number of aliphatic hydroxyl groups is 1. The average Bonchev–Trinajstić information content (AvgIpc) is 3.03. The first-order valence-electron chi connectivity index (χ1n) is 9.78. The summed E-state index contributed by atoms with van der Waals surface area (Å²) in [5.74, 6) is 1.60. The number of ether oxygens (including phenoxy) is 1. The lowest BCUT2D eigenvalue weighted by Crippen LogP contribution is -2.05. The third kappa shape index (κ3) is 9.14. The summed E-state index contributed by atoms with van der Waals surface area (Å²) in [4.78, 5) is 11.0. The Hall–Kier alpha value is -1.25. The number of rotatable bonds is 12. The summed E-state index contributed by atoms with van der Waals surface area (Å²) in [6.45, 7) is 2.25. The first-order valence-corrected chi connectivity index (χ1v) is 9.78. The number of unbranched alkanes of at least 4 members (excludes halogenated alkanes) is 4. The summed E-state index contributed by atoms with van der Waals surface area (Å²) in [5, 5.41) is 9.97. The van der Waals surface area contributed by atoms with Crippen LogP contribution < -0.4 is 0 Å². The van der Waals surface area contributed by atoms with Gasteiger partial charge >= 0.3 is 5.97 Å². The highest BCUT2D eigenvalue weighted by Gasteiger charge is 2.24. The third-order valence-electron chi connectivity index (χ3n) is 5.05. The average molecular weight is 337 g/mol. The third-order valence-corrected chi connectivity index (χ3v) is 5.05. The minimum absolute atomic E-state index is 0.223. The van der Waals surface area contributed by atoms with Gasteiger partial charge in [0.2, 0.25) is 0 Å². The monoisotopic (exact) mass is 336 g/mol. The molecule has 1 N–H and O–H groups in total. The Bertz CT molecular complexity index is 398. The summed E-state index contributed by atoms with van der Waals surface area (Å²) >= 11 is 0. The summed E-state index contributed by atoms with van der Waals surface area (Å²) in [6.07, 6.45) is 19.6. The van der Waals surface area contributed by atoms with Crippen molar-refractivity contribution in [2.24, 2.45) is 11.8 Å². The van der Waals surface area contributed by atoms with Crippen LogP contribution in [0, 0.1) is 11.8 Å². The molecule has 3 heteroatoms. The largest absolute Gasteiger partial charge is 0.513 e. The van der Waals surface area contributed by atoms with Crippen LogP contribution in [0.5, 0.6) is 0 Å². The molecule has 1 saturated carbocycles. The van der Waals surface area contributed by atoms with Crippen LogP contribution >= 0.6 is 0 Å². The predicted octanol–water partition coefficient (Wildman–Crippen LogP) is 6.10. The maximum absolute atomic E-state index is 11.0. The first-order chi connectivity index (χ1) is 11.7. The summed E-state index contributed by atoms with van der Waals surface area (Å²) in [5.41, 5.74) is 0. The Morgan fingerprint density at radius 2 is 2.00 bits per heavy atom. The predicted molar refractivity (Wildman–Crippen MR) is 99.9 cm³/mol. The van der Waals surface area contributed by atoms with Gasteiger partial charge < -0.3 is 9.84 Å². The standard InChI is InChI=1S/C21H36O3/c1-3-4-5-6-7-8-11-18-12-9-13-19(18)16-17-20(22)14-10-15-21(23)24-2/h8,11,14,18-19,22H,3-7,9-10,12-13,15-17H2,1-2H3/t18-,19+/m0/s1. The number of methoxy groups -OCH3 is 1. The zero-order valence-corrected chi connectivity index (χ0v) is 15.6. The molecule has 0 unspecified atom stereocenters. The fourth-order valence-corrected chi connectivity index (χ4v) is 3.53. The van der Waals surface area contributed by atoms with E-state index in [1.54, 1.807) is 6.08 Å². The van der Waals surface area contributed by atoms with Gasteiger partial charge in [-0.25, -0.2) is 0 Å². The molecule has 0 saturated heterocycles. The molecule has 0 radical (unpaired) electrons. The molecule has 0 aromatic rings. The van der Waals surface area contributed by atoms with Crippen LogP contribution in [0.4, 0.5) is 0 Å². The second-order valence-corrected chi connectivity index (χ2v) is 6.98. The first kappa shape index (κ1) is 20.8. The van der Waals surface area contributed by atoms with E-state index < -0.39 is 0 Å². The minimum atomic E-state index is -0.223. The second-order valence-electron chi connectivity index (χ2n) is 6.98. The molecule has 0 heterocycles. The molecule has 2 atom stereocenters. The number of hydrogen-bond acceptors (Lipinski definition) is 3. The molecule has 0 aliphatic heterocycles. The van der Waals surface area contributed by atoms with Crippen molar-refractivity contribution in [1.82, 2.24) is 0 Å². The smallest absolute Gasteiger partial charge is 0.305 e. The highest BCUT2D eigenvalue weighted by Crippen LogP contribution is 2.36. The van der Waals surface area contributed by atoms with Gasteiger partial charge in [0.05, 0.1) is 12.9 Å². The Morgan fingerprint density at radius 3 is 2.75 bits per heavy atom. The van der Waals surface area contributed by atoms with Gasteiger partial charge in [-0.05, 0) is 56.4 Å². The van der Waals surface area contributed by atoms with E-state index in [1.165, 1.54) is 58.5 Å². The number of aliphatic hydroxyl groups excluding tert-OH is 1. The Labute approximate surface area is 148 Å². The van der Waals surface area contributed by atoms with Crippen molar-refractivity contribution in [3.05, 3.63) is 24.0 Å². The topological polar surface area (TPSA) is 46.5 Å². The molecular formula is C21H36O3. The molecule has 0 aromatic carbocycles. The summed E-state index contributed by atoms with van der Waals surface area (Å²) in [6, 6.07) is 0. The van der Waals surface area contributed by atoms with Crippen LogP contribution in [0.1, 0.15) is 84.0 Å². The number of hydrogen-bond donors (Lipinski definition) is 1. The van der Waals surface area contributed by atoms with Gasteiger partial charge in [-0.1, -0.05) is 44.8 Å². The van der Waals surface area contributed by atoms with Crippen LogP contribution in [-0.4, -0.2) is 18.2 Å². The highest BCUT2D eigenvalue weighted by atomic mass is 16.5. The van der Waals surface area contributed by atoms with E-state index in [2.05, 4.69) is 23.8 Å². The summed E-state index contributed by atoms with van der Waals surface area (Å²) in [7, 11) is 1.39. The molecule has 0 amide bonds. The van der Waals surface area contributed by atoms with Crippen LogP contribution in [0.3, 0.4) is 0 Å². The number of carbonyl (C=O) groups excluding carboxylic acids is 1. The maximum Gasteiger partial charge on any atom is 0.305 e.